The van der Waals surface area contributed by atoms with Gasteiger partial charge in [0.1, 0.15) is 0 Å². The normalized spacial score (nSPS) is 17.4. The minimum Gasteiger partial charge on any atom is -0.310 e. The molecule has 0 saturated carbocycles. The van der Waals surface area contributed by atoms with E-state index in [9.17, 15) is 0 Å². The van der Waals surface area contributed by atoms with Gasteiger partial charge in [0, 0.05) is 50.0 Å². The van der Waals surface area contributed by atoms with Crippen molar-refractivity contribution < 1.29 is 0 Å². The van der Waals surface area contributed by atoms with Crippen LogP contribution in [0.15, 0.2) is 158 Å². The van der Waals surface area contributed by atoms with Gasteiger partial charge in [0.15, 0.2) is 0 Å². The van der Waals surface area contributed by atoms with E-state index in [1.807, 2.05) is 0 Å². The Morgan fingerprint density at radius 1 is 0.380 bits per heavy atom. The highest BCUT2D eigenvalue weighted by Gasteiger charge is 2.47. The predicted octanol–water partition coefficient (Wildman–Crippen LogP) is 13.2. The lowest BCUT2D eigenvalue weighted by molar-refractivity contribution is 0.656. The summed E-state index contributed by atoms with van der Waals surface area (Å²) >= 11 is 7.12. The number of fused-ring (bicyclic) bond motifs is 13. The molecule has 0 fully saturated rings. The monoisotopic (exact) mass is 662 g/mol. The lowest BCUT2D eigenvalue weighted by atomic mass is 9.70. The zero-order chi connectivity index (χ0) is 33.8. The first-order valence-corrected chi connectivity index (χ1v) is 17.8. The second-order valence-corrected chi connectivity index (χ2v) is 14.9. The summed E-state index contributed by atoms with van der Waals surface area (Å²) < 4.78 is 0. The fraction of sp³-hybridized carbons (Fsp3) is 0.106. The van der Waals surface area contributed by atoms with Crippen LogP contribution in [0.4, 0.5) is 34.1 Å². The molecule has 3 aliphatic rings. The maximum Gasteiger partial charge on any atom is 0.0497 e. The number of rotatable bonds is 2. The molecule has 0 aromatic heterocycles. The number of para-hydroxylation sites is 2. The maximum absolute atomic E-state index is 7.12. The molecule has 2 nitrogen and oxygen atoms in total. The predicted molar refractivity (Wildman–Crippen MR) is 209 cm³/mol. The van der Waals surface area contributed by atoms with E-state index in [1.54, 1.807) is 0 Å². The fourth-order valence-electron chi connectivity index (χ4n) is 9.10. The van der Waals surface area contributed by atoms with E-state index in [-0.39, 0.29) is 5.41 Å². The van der Waals surface area contributed by atoms with Crippen molar-refractivity contribution >= 4 is 45.7 Å². The van der Waals surface area contributed by atoms with Gasteiger partial charge in [-0.2, -0.15) is 0 Å². The Kier molecular flexibility index (Phi) is 6.15. The van der Waals surface area contributed by atoms with E-state index in [2.05, 4.69) is 188 Å². The first-order valence-electron chi connectivity index (χ1n) is 17.4. The Morgan fingerprint density at radius 2 is 0.880 bits per heavy atom. The summed E-state index contributed by atoms with van der Waals surface area (Å²) in [5.74, 6) is 0. The molecule has 7 aromatic rings. The molecule has 1 unspecified atom stereocenters. The summed E-state index contributed by atoms with van der Waals surface area (Å²) in [6.45, 7) is 7.22. The summed E-state index contributed by atoms with van der Waals surface area (Å²) in [5.41, 5.74) is 17.7. The van der Waals surface area contributed by atoms with Crippen molar-refractivity contribution in [3.63, 3.8) is 0 Å². The summed E-state index contributed by atoms with van der Waals surface area (Å²) in [7, 11) is 0. The van der Waals surface area contributed by atoms with Crippen LogP contribution in [-0.2, 0) is 10.8 Å². The van der Waals surface area contributed by atoms with Gasteiger partial charge in [-0.3, -0.25) is 0 Å². The van der Waals surface area contributed by atoms with Gasteiger partial charge in [0.2, 0.25) is 0 Å². The van der Waals surface area contributed by atoms with Gasteiger partial charge < -0.3 is 9.80 Å². The average Bonchev–Trinajstić information content (AvgIpc) is 3.53. The van der Waals surface area contributed by atoms with E-state index in [1.165, 1.54) is 50.1 Å². The van der Waals surface area contributed by atoms with Crippen LogP contribution in [0.2, 0.25) is 5.02 Å². The van der Waals surface area contributed by atoms with Crippen LogP contribution in [0.3, 0.4) is 0 Å². The Bertz CT molecular complexity index is 2500. The number of halogens is 1. The van der Waals surface area contributed by atoms with Crippen molar-refractivity contribution in [2.24, 2.45) is 0 Å². The molecule has 1 heterocycles. The third-order valence-electron chi connectivity index (χ3n) is 11.4. The van der Waals surface area contributed by atoms with Gasteiger partial charge in [0.05, 0.1) is 0 Å². The highest BCUT2D eigenvalue weighted by Crippen LogP contribution is 2.61. The molecule has 10 rings (SSSR count). The first-order chi connectivity index (χ1) is 24.3. The molecule has 0 amide bonds. The van der Waals surface area contributed by atoms with Crippen LogP contribution in [-0.4, -0.2) is 0 Å². The molecule has 0 saturated heterocycles. The van der Waals surface area contributed by atoms with Gasteiger partial charge in [0.25, 0.3) is 0 Å². The summed E-state index contributed by atoms with van der Waals surface area (Å²) in [5, 5.41) is 0.684. The van der Waals surface area contributed by atoms with E-state index < -0.39 is 5.41 Å². The molecule has 3 heteroatoms. The summed E-state index contributed by atoms with van der Waals surface area (Å²) in [6, 6.07) is 57.8. The van der Waals surface area contributed by atoms with Crippen molar-refractivity contribution in [3.05, 3.63) is 191 Å². The maximum atomic E-state index is 7.12. The summed E-state index contributed by atoms with van der Waals surface area (Å²) in [4.78, 5) is 4.74. The van der Waals surface area contributed by atoms with Crippen LogP contribution in [0.1, 0.15) is 48.6 Å². The SMILES string of the molecule is CC1(C)c2ccccc2-c2c1cc1cc2C2(C)c3ccccc3-c3ccc(cc32)N(c2ccccc2)c2cc(Cl)cc(c2)N1c1ccccc1. The third-order valence-corrected chi connectivity index (χ3v) is 11.6. The van der Waals surface area contributed by atoms with Crippen LogP contribution < -0.4 is 9.80 Å². The Hall–Kier alpha value is -5.57. The molecular weight excluding hydrogens is 628 g/mol. The Balaban J connectivity index is 1.41. The standard InChI is InChI=1S/C47H35ClN2/c1-46(2)40-20-12-11-19-39(40)45-43(46)28-36-29-44(45)47(3)41-21-13-10-18-37(41)38-23-22-33(27-42(38)47)49(31-14-6-4-7-15-31)34-24-30(48)25-35(26-34)50(36)32-16-8-5-9-17-32/h4-29H,1-3H3. The molecule has 7 aromatic carbocycles. The molecule has 240 valence electrons. The van der Waals surface area contributed by atoms with Crippen molar-refractivity contribution in [1.29, 1.82) is 0 Å². The molecule has 1 aliphatic heterocycles. The third kappa shape index (κ3) is 3.97. The van der Waals surface area contributed by atoms with Gasteiger partial charge in [-0.05, 0) is 124 Å². The molecule has 0 N–H and O–H groups in total. The highest BCUT2D eigenvalue weighted by atomic mass is 35.5. The van der Waals surface area contributed by atoms with Gasteiger partial charge >= 0.3 is 0 Å². The second-order valence-electron chi connectivity index (χ2n) is 14.5. The Morgan fingerprint density at radius 3 is 1.56 bits per heavy atom. The van der Waals surface area contributed by atoms with Crippen LogP contribution in [0, 0.1) is 0 Å². The minimum atomic E-state index is -0.440. The van der Waals surface area contributed by atoms with Gasteiger partial charge in [-0.15, -0.1) is 0 Å². The quantitative estimate of drug-likeness (QED) is 0.182. The van der Waals surface area contributed by atoms with E-state index in [0.29, 0.717) is 5.02 Å². The van der Waals surface area contributed by atoms with Crippen molar-refractivity contribution in [2.45, 2.75) is 31.6 Å². The molecule has 50 heavy (non-hydrogen) atoms. The van der Waals surface area contributed by atoms with Gasteiger partial charge in [-0.25, -0.2) is 0 Å². The zero-order valence-electron chi connectivity index (χ0n) is 28.3. The molecule has 2 aliphatic carbocycles. The highest BCUT2D eigenvalue weighted by molar-refractivity contribution is 6.31. The largest absolute Gasteiger partial charge is 0.310 e. The van der Waals surface area contributed by atoms with Crippen molar-refractivity contribution in [1.82, 2.24) is 0 Å². The molecule has 0 radical (unpaired) electrons. The first kappa shape index (κ1) is 29.4. The number of hydrogen-bond acceptors (Lipinski definition) is 2. The van der Waals surface area contributed by atoms with E-state index in [0.717, 1.165) is 34.1 Å². The van der Waals surface area contributed by atoms with Crippen LogP contribution in [0.5, 0.6) is 0 Å². The molecule has 0 spiro atoms. The molecule has 6 bridgehead atoms. The Labute approximate surface area is 298 Å². The smallest absolute Gasteiger partial charge is 0.0497 e. The molecule has 1 atom stereocenters. The van der Waals surface area contributed by atoms with Crippen molar-refractivity contribution in [2.75, 3.05) is 9.80 Å². The number of benzene rings is 7. The zero-order valence-corrected chi connectivity index (χ0v) is 29.0. The minimum absolute atomic E-state index is 0.196. The second kappa shape index (κ2) is 10.5. The number of anilines is 6. The van der Waals surface area contributed by atoms with Crippen LogP contribution >= 0.6 is 11.6 Å². The van der Waals surface area contributed by atoms with Crippen molar-refractivity contribution in [3.8, 4) is 22.3 Å². The van der Waals surface area contributed by atoms with E-state index >= 15 is 0 Å². The topological polar surface area (TPSA) is 6.48 Å². The number of nitrogens with zero attached hydrogens (tertiary/aromatic N) is 2. The number of hydrogen-bond donors (Lipinski definition) is 0. The lowest BCUT2D eigenvalue weighted by Gasteiger charge is -2.36. The van der Waals surface area contributed by atoms with Crippen LogP contribution in [0.25, 0.3) is 22.3 Å². The fourth-order valence-corrected chi connectivity index (χ4v) is 9.32. The molecular formula is C47H35ClN2. The lowest BCUT2D eigenvalue weighted by Crippen LogP contribution is -2.26. The van der Waals surface area contributed by atoms with E-state index in [4.69, 9.17) is 11.6 Å². The summed E-state index contributed by atoms with van der Waals surface area (Å²) in [6.07, 6.45) is 0. The van der Waals surface area contributed by atoms with Gasteiger partial charge in [-0.1, -0.05) is 116 Å². The average molecular weight is 663 g/mol.